The van der Waals surface area contributed by atoms with Gasteiger partial charge < -0.3 is 19.7 Å². The summed E-state index contributed by atoms with van der Waals surface area (Å²) in [5.41, 5.74) is 4.13. The van der Waals surface area contributed by atoms with Crippen LogP contribution in [0, 0.1) is 0 Å². The van der Waals surface area contributed by atoms with Crippen LogP contribution in [0.1, 0.15) is 30.4 Å². The zero-order valence-corrected chi connectivity index (χ0v) is 21.4. The van der Waals surface area contributed by atoms with E-state index in [0.29, 0.717) is 0 Å². The molecule has 2 aromatic carbocycles. The Bertz CT molecular complexity index is 906. The third kappa shape index (κ3) is 5.64. The van der Waals surface area contributed by atoms with Crippen LogP contribution in [0.5, 0.6) is 5.75 Å². The Morgan fingerprint density at radius 3 is 2.41 bits per heavy atom. The van der Waals surface area contributed by atoms with Crippen LogP contribution in [0.4, 0.5) is 0 Å². The van der Waals surface area contributed by atoms with Crippen molar-refractivity contribution in [3.63, 3.8) is 0 Å². The Labute approximate surface area is 208 Å². The number of nitrogens with one attached hydrogen (secondary N) is 1. The zero-order chi connectivity index (χ0) is 21.5. The van der Waals surface area contributed by atoms with Crippen LogP contribution < -0.4 is 10.1 Å². The Kier molecular flexibility index (Phi) is 8.99. The van der Waals surface area contributed by atoms with E-state index < -0.39 is 0 Å². The maximum Gasteiger partial charge on any atom is 0.193 e. The summed E-state index contributed by atoms with van der Waals surface area (Å²) in [5.74, 6) is 1.87. The lowest BCUT2D eigenvalue weighted by Gasteiger charge is -2.39. The van der Waals surface area contributed by atoms with Gasteiger partial charge in [-0.1, -0.05) is 48.5 Å². The van der Waals surface area contributed by atoms with Gasteiger partial charge in [-0.15, -0.1) is 24.0 Å². The van der Waals surface area contributed by atoms with Gasteiger partial charge in [-0.3, -0.25) is 4.99 Å². The van der Waals surface area contributed by atoms with E-state index in [-0.39, 0.29) is 29.4 Å². The lowest BCUT2D eigenvalue weighted by Crippen LogP contribution is -2.50. The molecular formula is C26H34IN3O2. The van der Waals surface area contributed by atoms with E-state index in [1.165, 1.54) is 16.7 Å². The molecule has 1 saturated heterocycles. The molecule has 0 unspecified atom stereocenters. The van der Waals surface area contributed by atoms with Crippen LogP contribution in [0.2, 0.25) is 0 Å². The molecule has 0 bridgehead atoms. The molecule has 2 heterocycles. The van der Waals surface area contributed by atoms with Crippen molar-refractivity contribution in [3.8, 4) is 5.75 Å². The smallest absolute Gasteiger partial charge is 0.193 e. The Hall–Kier alpha value is -2.06. The summed E-state index contributed by atoms with van der Waals surface area (Å²) in [6, 6.07) is 19.2. The molecule has 32 heavy (non-hydrogen) atoms. The number of halogens is 1. The van der Waals surface area contributed by atoms with Gasteiger partial charge >= 0.3 is 0 Å². The maximum atomic E-state index is 5.69. The SMILES string of the molecule is CN=C(NCC1(c2ccc(OC)cc2)CCOCC1)N1CC=C(c2ccccc2)CC1.I. The average Bonchev–Trinajstić information content (AvgIpc) is 2.86. The van der Waals surface area contributed by atoms with Gasteiger partial charge in [0.1, 0.15) is 5.75 Å². The van der Waals surface area contributed by atoms with Crippen molar-refractivity contribution >= 4 is 35.5 Å². The molecule has 1 N–H and O–H groups in total. The fourth-order valence-electron chi connectivity index (χ4n) is 4.63. The molecule has 4 rings (SSSR count). The summed E-state index contributed by atoms with van der Waals surface area (Å²) in [4.78, 5) is 6.94. The second-order valence-electron chi connectivity index (χ2n) is 8.31. The van der Waals surface area contributed by atoms with Crippen molar-refractivity contribution in [2.45, 2.75) is 24.7 Å². The van der Waals surface area contributed by atoms with Crippen molar-refractivity contribution in [2.24, 2.45) is 4.99 Å². The minimum atomic E-state index is 0. The maximum absolute atomic E-state index is 5.69. The molecule has 5 nitrogen and oxygen atoms in total. The highest BCUT2D eigenvalue weighted by Gasteiger charge is 2.35. The number of guanidine groups is 1. The van der Waals surface area contributed by atoms with Crippen LogP contribution in [-0.2, 0) is 10.2 Å². The highest BCUT2D eigenvalue weighted by Crippen LogP contribution is 2.35. The lowest BCUT2D eigenvalue weighted by atomic mass is 9.74. The van der Waals surface area contributed by atoms with Gasteiger partial charge in [0.2, 0.25) is 0 Å². The molecule has 2 aromatic rings. The van der Waals surface area contributed by atoms with E-state index in [1.54, 1.807) is 7.11 Å². The van der Waals surface area contributed by atoms with Crippen molar-refractivity contribution in [3.05, 3.63) is 71.8 Å². The van der Waals surface area contributed by atoms with E-state index in [9.17, 15) is 0 Å². The Morgan fingerprint density at radius 1 is 1.09 bits per heavy atom. The molecule has 0 aromatic heterocycles. The molecule has 0 saturated carbocycles. The average molecular weight is 547 g/mol. The molecule has 2 aliphatic rings. The summed E-state index contributed by atoms with van der Waals surface area (Å²) >= 11 is 0. The summed E-state index contributed by atoms with van der Waals surface area (Å²) in [6.07, 6.45) is 5.37. The van der Waals surface area contributed by atoms with E-state index >= 15 is 0 Å². The monoisotopic (exact) mass is 547 g/mol. The third-order valence-corrected chi connectivity index (χ3v) is 6.60. The summed E-state index contributed by atoms with van der Waals surface area (Å²) in [5, 5.41) is 3.69. The predicted octanol–water partition coefficient (Wildman–Crippen LogP) is 4.73. The van der Waals surface area contributed by atoms with Crippen LogP contribution in [0.25, 0.3) is 5.57 Å². The fraction of sp³-hybridized carbons (Fsp3) is 0.423. The number of ether oxygens (including phenoxy) is 2. The van der Waals surface area contributed by atoms with Gasteiger partial charge in [-0.2, -0.15) is 0 Å². The standard InChI is InChI=1S/C26H33N3O2.HI/c1-27-25(29-16-12-22(13-17-29)21-6-4-3-5-7-21)28-20-26(14-18-31-19-15-26)23-8-10-24(30-2)11-9-23;/h3-12H,13-20H2,1-2H3,(H,27,28);1H. The van der Waals surface area contributed by atoms with Gasteiger partial charge in [0.25, 0.3) is 0 Å². The van der Waals surface area contributed by atoms with Gasteiger partial charge in [-0.25, -0.2) is 0 Å². The first-order valence-corrected chi connectivity index (χ1v) is 11.2. The van der Waals surface area contributed by atoms with Crippen LogP contribution >= 0.6 is 24.0 Å². The highest BCUT2D eigenvalue weighted by molar-refractivity contribution is 14.0. The summed E-state index contributed by atoms with van der Waals surface area (Å²) in [7, 11) is 3.59. The molecule has 2 aliphatic heterocycles. The minimum absolute atomic E-state index is 0. The molecule has 0 atom stereocenters. The van der Waals surface area contributed by atoms with E-state index in [2.05, 4.69) is 75.9 Å². The van der Waals surface area contributed by atoms with Gasteiger partial charge in [0.05, 0.1) is 7.11 Å². The first kappa shape index (κ1) is 24.6. The van der Waals surface area contributed by atoms with Crippen molar-refractivity contribution in [1.29, 1.82) is 0 Å². The van der Waals surface area contributed by atoms with E-state index in [0.717, 1.165) is 63.8 Å². The van der Waals surface area contributed by atoms with Crippen molar-refractivity contribution in [2.75, 3.05) is 47.0 Å². The van der Waals surface area contributed by atoms with Crippen molar-refractivity contribution in [1.82, 2.24) is 10.2 Å². The lowest BCUT2D eigenvalue weighted by molar-refractivity contribution is 0.0511. The molecule has 6 heteroatoms. The number of hydrogen-bond acceptors (Lipinski definition) is 3. The molecule has 172 valence electrons. The van der Waals surface area contributed by atoms with Crippen LogP contribution in [0.3, 0.4) is 0 Å². The number of methoxy groups -OCH3 is 1. The number of benzene rings is 2. The van der Waals surface area contributed by atoms with Crippen LogP contribution in [-0.4, -0.2) is 57.9 Å². The predicted molar refractivity (Wildman–Crippen MR) is 142 cm³/mol. The van der Waals surface area contributed by atoms with Gasteiger partial charge in [-0.05, 0) is 48.1 Å². The fourth-order valence-corrected chi connectivity index (χ4v) is 4.63. The normalized spacial score (nSPS) is 18.4. The topological polar surface area (TPSA) is 46.1 Å². The minimum Gasteiger partial charge on any atom is -0.497 e. The first-order chi connectivity index (χ1) is 15.2. The van der Waals surface area contributed by atoms with E-state index in [4.69, 9.17) is 9.47 Å². The Morgan fingerprint density at radius 2 is 1.81 bits per heavy atom. The third-order valence-electron chi connectivity index (χ3n) is 6.60. The molecule has 1 fully saturated rings. The van der Waals surface area contributed by atoms with Crippen molar-refractivity contribution < 1.29 is 9.47 Å². The second kappa shape index (κ2) is 11.7. The number of rotatable bonds is 5. The highest BCUT2D eigenvalue weighted by atomic mass is 127. The first-order valence-electron chi connectivity index (χ1n) is 11.2. The summed E-state index contributed by atoms with van der Waals surface area (Å²) < 4.78 is 11.0. The van der Waals surface area contributed by atoms with E-state index in [1.807, 2.05) is 7.05 Å². The second-order valence-corrected chi connectivity index (χ2v) is 8.31. The van der Waals surface area contributed by atoms with Gasteiger partial charge in [0, 0.05) is 45.3 Å². The Balaban J connectivity index is 0.00000289. The molecule has 0 amide bonds. The molecule has 0 spiro atoms. The number of nitrogens with zero attached hydrogens (tertiary/aromatic N) is 2. The molecular weight excluding hydrogens is 513 g/mol. The largest absolute Gasteiger partial charge is 0.497 e. The zero-order valence-electron chi connectivity index (χ0n) is 19.0. The number of hydrogen-bond donors (Lipinski definition) is 1. The quantitative estimate of drug-likeness (QED) is 0.334. The molecule has 0 radical (unpaired) electrons. The van der Waals surface area contributed by atoms with Gasteiger partial charge in [0.15, 0.2) is 5.96 Å². The molecule has 0 aliphatic carbocycles. The summed E-state index contributed by atoms with van der Waals surface area (Å²) in [6.45, 7) is 4.28. The van der Waals surface area contributed by atoms with Crippen LogP contribution in [0.15, 0.2) is 65.7 Å². The number of aliphatic imine (C=N–C) groups is 1.